The molecule has 1 amide bonds. The van der Waals surface area contributed by atoms with E-state index in [1.165, 1.54) is 17.5 Å². The summed E-state index contributed by atoms with van der Waals surface area (Å²) in [6.45, 7) is 0. The first-order chi connectivity index (χ1) is 13.8. The Balaban J connectivity index is 1.78. The third-order valence-corrected chi connectivity index (χ3v) is 6.42. The van der Waals surface area contributed by atoms with Crippen LogP contribution in [0.3, 0.4) is 0 Å². The van der Waals surface area contributed by atoms with Gasteiger partial charge in [0.2, 0.25) is 4.80 Å². The number of benzene rings is 2. The Labute approximate surface area is 169 Å². The second-order valence-electron chi connectivity index (χ2n) is 6.05. The summed E-state index contributed by atoms with van der Waals surface area (Å²) in [5.41, 5.74) is 1.81. The molecule has 0 aliphatic rings. The Morgan fingerprint density at radius 3 is 2.24 bits per heavy atom. The summed E-state index contributed by atoms with van der Waals surface area (Å²) in [5.74, 6) is -3.00. The SMILES string of the molecule is O=C(O)Cc1csc(=NC(=O)CS(=O)(=O)c2ccc(-c3ccccc3)cc2)n1O. The van der Waals surface area contributed by atoms with E-state index in [9.17, 15) is 23.2 Å². The molecule has 1 heterocycles. The number of hydrogen-bond donors (Lipinski definition) is 2. The molecule has 8 nitrogen and oxygen atoms in total. The molecule has 3 aromatic rings. The number of aliphatic carboxylic acids is 1. The highest BCUT2D eigenvalue weighted by molar-refractivity contribution is 7.92. The molecule has 0 unspecified atom stereocenters. The van der Waals surface area contributed by atoms with E-state index >= 15 is 0 Å². The van der Waals surface area contributed by atoms with Gasteiger partial charge in [0, 0.05) is 5.38 Å². The van der Waals surface area contributed by atoms with Crippen molar-refractivity contribution >= 4 is 33.1 Å². The monoisotopic (exact) mass is 432 g/mol. The number of carboxylic acids is 1. The molecule has 0 atom stereocenters. The second-order valence-corrected chi connectivity index (χ2v) is 8.87. The molecule has 2 N–H and O–H groups in total. The highest BCUT2D eigenvalue weighted by Gasteiger charge is 2.20. The maximum atomic E-state index is 12.5. The van der Waals surface area contributed by atoms with Crippen molar-refractivity contribution in [1.82, 2.24) is 4.73 Å². The number of carboxylic acid groups (broad SMARTS) is 1. The molecule has 0 aliphatic carbocycles. The summed E-state index contributed by atoms with van der Waals surface area (Å²) in [5, 5.41) is 19.9. The summed E-state index contributed by atoms with van der Waals surface area (Å²) < 4.78 is 25.5. The van der Waals surface area contributed by atoms with Gasteiger partial charge in [0.1, 0.15) is 5.75 Å². The topological polar surface area (TPSA) is 126 Å². The molecule has 3 rings (SSSR count). The summed E-state index contributed by atoms with van der Waals surface area (Å²) in [6.07, 6.45) is -0.456. The van der Waals surface area contributed by atoms with Crippen LogP contribution in [0.2, 0.25) is 0 Å². The summed E-state index contributed by atoms with van der Waals surface area (Å²) in [7, 11) is -3.93. The molecule has 0 spiro atoms. The molecule has 0 saturated heterocycles. The van der Waals surface area contributed by atoms with Crippen molar-refractivity contribution in [1.29, 1.82) is 0 Å². The quantitative estimate of drug-likeness (QED) is 0.574. The van der Waals surface area contributed by atoms with E-state index in [2.05, 4.69) is 4.99 Å². The Hall–Kier alpha value is -3.24. The van der Waals surface area contributed by atoms with Gasteiger partial charge in [-0.15, -0.1) is 11.3 Å². The van der Waals surface area contributed by atoms with Crippen molar-refractivity contribution < 1.29 is 28.3 Å². The van der Waals surface area contributed by atoms with Crippen LogP contribution in [0.4, 0.5) is 0 Å². The van der Waals surface area contributed by atoms with Crippen LogP contribution in [0.15, 0.2) is 69.9 Å². The minimum atomic E-state index is -3.93. The van der Waals surface area contributed by atoms with Crippen LogP contribution >= 0.6 is 11.3 Å². The van der Waals surface area contributed by atoms with Gasteiger partial charge >= 0.3 is 5.97 Å². The molecule has 2 aromatic carbocycles. The largest absolute Gasteiger partial charge is 0.481 e. The number of sulfone groups is 1. The lowest BCUT2D eigenvalue weighted by molar-refractivity contribution is -0.136. The molecule has 0 bridgehead atoms. The lowest BCUT2D eigenvalue weighted by atomic mass is 10.1. The van der Waals surface area contributed by atoms with Gasteiger partial charge in [0.25, 0.3) is 5.91 Å². The maximum Gasteiger partial charge on any atom is 0.309 e. The molecule has 150 valence electrons. The highest BCUT2D eigenvalue weighted by atomic mass is 32.2. The lowest BCUT2D eigenvalue weighted by Crippen LogP contribution is -2.21. The smallest absolute Gasteiger partial charge is 0.309 e. The zero-order valence-electron chi connectivity index (χ0n) is 14.9. The number of hydrogen-bond acceptors (Lipinski definition) is 6. The number of thiazole rings is 1. The van der Waals surface area contributed by atoms with E-state index in [-0.39, 0.29) is 15.4 Å². The Bertz CT molecular complexity index is 1210. The van der Waals surface area contributed by atoms with Crippen LogP contribution in [-0.4, -0.2) is 41.1 Å². The standard InChI is InChI=1S/C19H16N2O6S2/c22-17(20-19-21(25)15(11-28-19)10-18(23)24)12-29(26,27)16-8-6-14(7-9-16)13-4-2-1-3-5-13/h1-9,11,25H,10,12H2,(H,23,24). The molecule has 0 saturated carbocycles. The van der Waals surface area contributed by atoms with E-state index in [0.29, 0.717) is 4.73 Å². The number of amides is 1. The normalized spacial score (nSPS) is 12.1. The van der Waals surface area contributed by atoms with E-state index in [4.69, 9.17) is 5.11 Å². The zero-order valence-corrected chi connectivity index (χ0v) is 16.6. The van der Waals surface area contributed by atoms with E-state index in [1.807, 2.05) is 30.3 Å². The molecule has 0 aliphatic heterocycles. The molecular weight excluding hydrogens is 416 g/mol. The van der Waals surface area contributed by atoms with Gasteiger partial charge in [-0.3, -0.25) is 9.59 Å². The first-order valence-electron chi connectivity index (χ1n) is 8.32. The van der Waals surface area contributed by atoms with Gasteiger partial charge in [-0.1, -0.05) is 42.5 Å². The Morgan fingerprint density at radius 2 is 1.62 bits per heavy atom. The second kappa shape index (κ2) is 8.41. The van der Waals surface area contributed by atoms with E-state index in [0.717, 1.165) is 22.5 Å². The molecule has 29 heavy (non-hydrogen) atoms. The fourth-order valence-electron chi connectivity index (χ4n) is 2.56. The number of carbonyl (C=O) groups excluding carboxylic acids is 1. The molecule has 1 aromatic heterocycles. The predicted molar refractivity (Wildman–Crippen MR) is 105 cm³/mol. The highest BCUT2D eigenvalue weighted by Crippen LogP contribution is 2.21. The summed E-state index contributed by atoms with van der Waals surface area (Å²) in [6, 6.07) is 15.6. The first kappa shape index (κ1) is 20.5. The average molecular weight is 432 g/mol. The van der Waals surface area contributed by atoms with E-state index in [1.54, 1.807) is 12.1 Å². The van der Waals surface area contributed by atoms with Gasteiger partial charge < -0.3 is 10.3 Å². The van der Waals surface area contributed by atoms with Crippen LogP contribution < -0.4 is 4.80 Å². The number of carbonyl (C=O) groups is 2. The van der Waals surface area contributed by atoms with E-state index < -0.39 is 33.9 Å². The fraction of sp³-hybridized carbons (Fsp3) is 0.105. The van der Waals surface area contributed by atoms with Crippen LogP contribution in [0.25, 0.3) is 11.1 Å². The van der Waals surface area contributed by atoms with Gasteiger partial charge in [-0.25, -0.2) is 8.42 Å². The molecular formula is C19H16N2O6S2. The number of aromatic nitrogens is 1. The average Bonchev–Trinajstić information content (AvgIpc) is 3.01. The van der Waals surface area contributed by atoms with Crippen molar-refractivity contribution in [3.05, 3.63) is 70.5 Å². The van der Waals surface area contributed by atoms with Crippen molar-refractivity contribution in [2.75, 3.05) is 5.75 Å². The van der Waals surface area contributed by atoms with Gasteiger partial charge in [0.15, 0.2) is 9.84 Å². The Kier molecular flexibility index (Phi) is 5.95. The molecule has 0 radical (unpaired) electrons. The zero-order chi connectivity index (χ0) is 21.0. The molecule has 10 heteroatoms. The number of nitrogens with zero attached hydrogens (tertiary/aromatic N) is 2. The summed E-state index contributed by atoms with van der Waals surface area (Å²) in [4.78, 5) is 26.2. The van der Waals surface area contributed by atoms with Crippen LogP contribution in [-0.2, 0) is 25.8 Å². The van der Waals surface area contributed by atoms with Gasteiger partial charge in [-0.2, -0.15) is 9.72 Å². The van der Waals surface area contributed by atoms with Gasteiger partial charge in [0.05, 0.1) is 17.0 Å². The Morgan fingerprint density at radius 1 is 1.00 bits per heavy atom. The third kappa shape index (κ3) is 4.98. The maximum absolute atomic E-state index is 12.5. The van der Waals surface area contributed by atoms with Crippen molar-refractivity contribution in [3.8, 4) is 11.1 Å². The third-order valence-electron chi connectivity index (χ3n) is 3.94. The van der Waals surface area contributed by atoms with Crippen molar-refractivity contribution in [2.24, 2.45) is 4.99 Å². The number of rotatable bonds is 6. The van der Waals surface area contributed by atoms with Gasteiger partial charge in [-0.05, 0) is 23.3 Å². The van der Waals surface area contributed by atoms with Crippen molar-refractivity contribution in [2.45, 2.75) is 11.3 Å². The minimum Gasteiger partial charge on any atom is -0.481 e. The minimum absolute atomic E-state index is 0.0182. The first-order valence-corrected chi connectivity index (χ1v) is 10.9. The predicted octanol–water partition coefficient (Wildman–Crippen LogP) is 1.98. The van der Waals surface area contributed by atoms with Crippen molar-refractivity contribution in [3.63, 3.8) is 0 Å². The van der Waals surface area contributed by atoms with Crippen LogP contribution in [0, 0.1) is 0 Å². The fourth-order valence-corrected chi connectivity index (χ4v) is 4.46. The summed E-state index contributed by atoms with van der Waals surface area (Å²) >= 11 is 0.835. The lowest BCUT2D eigenvalue weighted by Gasteiger charge is -2.05. The molecule has 0 fully saturated rings. The van der Waals surface area contributed by atoms with Crippen LogP contribution in [0.5, 0.6) is 0 Å². The van der Waals surface area contributed by atoms with Crippen LogP contribution in [0.1, 0.15) is 5.69 Å².